The van der Waals surface area contributed by atoms with Gasteiger partial charge in [0.2, 0.25) is 5.88 Å². The highest BCUT2D eigenvalue weighted by Crippen LogP contribution is 2.30. The van der Waals surface area contributed by atoms with Crippen LogP contribution >= 0.6 is 0 Å². The summed E-state index contributed by atoms with van der Waals surface area (Å²) in [5.74, 6) is 2.39. The summed E-state index contributed by atoms with van der Waals surface area (Å²) in [7, 11) is 3.21. The van der Waals surface area contributed by atoms with E-state index in [9.17, 15) is 4.79 Å². The lowest BCUT2D eigenvalue weighted by Crippen LogP contribution is -1.96. The number of hydrogen-bond acceptors (Lipinski definition) is 5. The van der Waals surface area contributed by atoms with Crippen molar-refractivity contribution in [2.45, 2.75) is 0 Å². The normalized spacial score (nSPS) is 10.9. The van der Waals surface area contributed by atoms with Crippen LogP contribution in [0.5, 0.6) is 23.1 Å². The van der Waals surface area contributed by atoms with Crippen molar-refractivity contribution in [1.82, 2.24) is 4.98 Å². The first-order valence-corrected chi connectivity index (χ1v) is 9.74. The molecule has 0 atom stereocenters. The number of hydrogen-bond donors (Lipinski definition) is 0. The maximum atomic E-state index is 12.6. The summed E-state index contributed by atoms with van der Waals surface area (Å²) in [6.07, 6.45) is 3.24. The number of para-hydroxylation sites is 1. The molecule has 0 spiro atoms. The number of nitrogens with zero attached hydrogens (tertiary/aromatic N) is 1. The van der Waals surface area contributed by atoms with Crippen molar-refractivity contribution in [3.05, 3.63) is 96.1 Å². The van der Waals surface area contributed by atoms with Crippen LogP contribution in [0.15, 0.2) is 84.9 Å². The zero-order chi connectivity index (χ0) is 21.6. The first-order chi connectivity index (χ1) is 15.2. The van der Waals surface area contributed by atoms with Gasteiger partial charge in [0.25, 0.3) is 0 Å². The smallest absolute Gasteiger partial charge is 0.227 e. The van der Waals surface area contributed by atoms with E-state index in [1.54, 1.807) is 44.6 Å². The van der Waals surface area contributed by atoms with E-state index < -0.39 is 0 Å². The molecule has 154 valence electrons. The third-order valence-corrected chi connectivity index (χ3v) is 4.76. The fourth-order valence-electron chi connectivity index (χ4n) is 3.10. The molecule has 0 N–H and O–H groups in total. The lowest BCUT2D eigenvalue weighted by molar-refractivity contribution is 0.104. The average Bonchev–Trinajstić information content (AvgIpc) is 2.83. The van der Waals surface area contributed by atoms with E-state index in [4.69, 9.17) is 14.2 Å². The fraction of sp³-hybridized carbons (Fsp3) is 0.0769. The first kappa shape index (κ1) is 20.2. The number of methoxy groups -OCH3 is 2. The van der Waals surface area contributed by atoms with Crippen LogP contribution in [0.4, 0.5) is 0 Å². The summed E-state index contributed by atoms with van der Waals surface area (Å²) in [6, 6.07) is 24.0. The Kier molecular flexibility index (Phi) is 5.94. The predicted octanol–water partition coefficient (Wildman–Crippen LogP) is 5.94. The van der Waals surface area contributed by atoms with Gasteiger partial charge in [-0.15, -0.1) is 0 Å². The van der Waals surface area contributed by atoms with Gasteiger partial charge in [-0.3, -0.25) is 4.79 Å². The van der Waals surface area contributed by atoms with Gasteiger partial charge in [-0.25, -0.2) is 4.98 Å². The molecule has 4 rings (SSSR count). The van der Waals surface area contributed by atoms with Gasteiger partial charge in [-0.2, -0.15) is 0 Å². The van der Waals surface area contributed by atoms with Gasteiger partial charge in [0.05, 0.1) is 19.7 Å². The highest BCUT2D eigenvalue weighted by molar-refractivity contribution is 6.07. The molecule has 4 aromatic rings. The molecule has 0 bridgehead atoms. The molecular weight excluding hydrogens is 390 g/mol. The standard InChI is InChI=1S/C26H21NO4/c1-29-21-11-8-18(9-12-21)25(28)15-10-19-16-20-17-23(30-2)13-14-24(20)27-26(19)31-22-6-4-3-5-7-22/h3-17H,1-2H3/b15-10+. The van der Waals surface area contributed by atoms with Crippen LogP contribution in [-0.4, -0.2) is 25.0 Å². The van der Waals surface area contributed by atoms with E-state index >= 15 is 0 Å². The van der Waals surface area contributed by atoms with Crippen LogP contribution < -0.4 is 14.2 Å². The van der Waals surface area contributed by atoms with Crippen LogP contribution in [0.3, 0.4) is 0 Å². The van der Waals surface area contributed by atoms with E-state index in [2.05, 4.69) is 4.98 Å². The molecule has 3 aromatic carbocycles. The summed E-state index contributed by atoms with van der Waals surface area (Å²) in [5.41, 5.74) is 2.02. The molecule has 1 aromatic heterocycles. The lowest BCUT2D eigenvalue weighted by Gasteiger charge is -2.10. The van der Waals surface area contributed by atoms with Crippen molar-refractivity contribution in [2.75, 3.05) is 14.2 Å². The third kappa shape index (κ3) is 4.73. The second kappa shape index (κ2) is 9.13. The Balaban J connectivity index is 1.71. The van der Waals surface area contributed by atoms with Gasteiger partial charge in [0.15, 0.2) is 5.78 Å². The first-order valence-electron chi connectivity index (χ1n) is 9.74. The minimum absolute atomic E-state index is 0.126. The zero-order valence-corrected chi connectivity index (χ0v) is 17.2. The van der Waals surface area contributed by atoms with Crippen LogP contribution in [0.25, 0.3) is 17.0 Å². The number of ether oxygens (including phenoxy) is 3. The molecule has 0 aliphatic rings. The van der Waals surface area contributed by atoms with E-state index in [0.717, 1.165) is 16.7 Å². The maximum Gasteiger partial charge on any atom is 0.227 e. The molecule has 0 fully saturated rings. The topological polar surface area (TPSA) is 57.7 Å². The number of pyridine rings is 1. The predicted molar refractivity (Wildman–Crippen MR) is 121 cm³/mol. The Morgan fingerprint density at radius 1 is 0.806 bits per heavy atom. The van der Waals surface area contributed by atoms with Gasteiger partial charge in [-0.1, -0.05) is 18.2 Å². The third-order valence-electron chi connectivity index (χ3n) is 4.76. The Labute approximate surface area is 180 Å². The number of rotatable bonds is 7. The number of carbonyl (C=O) groups excluding carboxylic acids is 1. The average molecular weight is 411 g/mol. The van der Waals surface area contributed by atoms with Gasteiger partial charge < -0.3 is 14.2 Å². The Morgan fingerprint density at radius 3 is 2.23 bits per heavy atom. The largest absolute Gasteiger partial charge is 0.497 e. The van der Waals surface area contributed by atoms with E-state index in [-0.39, 0.29) is 5.78 Å². The highest BCUT2D eigenvalue weighted by atomic mass is 16.5. The van der Waals surface area contributed by atoms with Crippen LogP contribution in [0.2, 0.25) is 0 Å². The summed E-state index contributed by atoms with van der Waals surface area (Å²) >= 11 is 0. The molecule has 0 aliphatic heterocycles. The molecule has 1 heterocycles. The van der Waals surface area contributed by atoms with Crippen LogP contribution in [-0.2, 0) is 0 Å². The van der Waals surface area contributed by atoms with Crippen molar-refractivity contribution in [3.8, 4) is 23.1 Å². The van der Waals surface area contributed by atoms with Gasteiger partial charge >= 0.3 is 0 Å². The molecule has 0 saturated heterocycles. The van der Waals surface area contributed by atoms with Crippen molar-refractivity contribution < 1.29 is 19.0 Å². The van der Waals surface area contributed by atoms with Crippen LogP contribution in [0, 0.1) is 0 Å². The van der Waals surface area contributed by atoms with Gasteiger partial charge in [-0.05, 0) is 72.8 Å². The summed E-state index contributed by atoms with van der Waals surface area (Å²) in [4.78, 5) is 17.3. The minimum atomic E-state index is -0.126. The quantitative estimate of drug-likeness (QED) is 0.278. The zero-order valence-electron chi connectivity index (χ0n) is 17.2. The number of aromatic nitrogens is 1. The second-order valence-electron chi connectivity index (χ2n) is 6.78. The monoisotopic (exact) mass is 411 g/mol. The second-order valence-corrected chi connectivity index (χ2v) is 6.78. The summed E-state index contributed by atoms with van der Waals surface area (Å²) in [5, 5.41) is 0.885. The number of allylic oxidation sites excluding steroid dienone is 1. The number of ketones is 1. The number of fused-ring (bicyclic) bond motifs is 1. The minimum Gasteiger partial charge on any atom is -0.497 e. The van der Waals surface area contributed by atoms with Crippen molar-refractivity contribution in [2.24, 2.45) is 0 Å². The molecule has 31 heavy (non-hydrogen) atoms. The van der Waals surface area contributed by atoms with E-state index in [0.29, 0.717) is 28.5 Å². The molecule has 0 unspecified atom stereocenters. The lowest BCUT2D eigenvalue weighted by atomic mass is 10.1. The Bertz CT molecular complexity index is 1230. The molecule has 0 radical (unpaired) electrons. The molecule has 5 heteroatoms. The Morgan fingerprint density at radius 2 is 1.52 bits per heavy atom. The molecule has 0 aliphatic carbocycles. The number of carbonyl (C=O) groups is 1. The molecule has 5 nitrogen and oxygen atoms in total. The van der Waals surface area contributed by atoms with Crippen molar-refractivity contribution >= 4 is 22.8 Å². The SMILES string of the molecule is COc1ccc(C(=O)/C=C/c2cc3cc(OC)ccc3nc2Oc2ccccc2)cc1. The van der Waals surface area contributed by atoms with Crippen LogP contribution in [0.1, 0.15) is 15.9 Å². The summed E-state index contributed by atoms with van der Waals surface area (Å²) < 4.78 is 16.5. The van der Waals surface area contributed by atoms with Gasteiger partial charge in [0.1, 0.15) is 17.2 Å². The molecule has 0 amide bonds. The molecular formula is C26H21NO4. The van der Waals surface area contributed by atoms with Gasteiger partial charge in [0, 0.05) is 16.5 Å². The fourth-order valence-corrected chi connectivity index (χ4v) is 3.10. The van der Waals surface area contributed by atoms with Crippen molar-refractivity contribution in [1.29, 1.82) is 0 Å². The number of benzene rings is 3. The van der Waals surface area contributed by atoms with Crippen molar-refractivity contribution in [3.63, 3.8) is 0 Å². The summed E-state index contributed by atoms with van der Waals surface area (Å²) in [6.45, 7) is 0. The molecule has 0 saturated carbocycles. The Hall–Kier alpha value is -4.12. The van der Waals surface area contributed by atoms with E-state index in [1.807, 2.05) is 54.6 Å². The maximum absolute atomic E-state index is 12.6. The highest BCUT2D eigenvalue weighted by Gasteiger charge is 2.10. The van der Waals surface area contributed by atoms with E-state index in [1.165, 1.54) is 6.08 Å².